The number of nitrogens with zero attached hydrogens (tertiary/aromatic N) is 2. The molecule has 0 aromatic carbocycles. The lowest BCUT2D eigenvalue weighted by Gasteiger charge is -2.32. The Morgan fingerprint density at radius 2 is 0.810 bits per heavy atom. The van der Waals surface area contributed by atoms with Crippen molar-refractivity contribution >= 4 is 28.1 Å². The Hall–Kier alpha value is 0.754. The lowest BCUT2D eigenvalue weighted by Crippen LogP contribution is -3.00. The van der Waals surface area contributed by atoms with Crippen molar-refractivity contribution in [1.82, 2.24) is 0 Å². The molecule has 42 heavy (non-hydrogen) atoms. The van der Waals surface area contributed by atoms with Crippen LogP contribution in [0.2, 0.25) is 49.4 Å². The average Bonchev–Trinajstić information content (AvgIpc) is 2.82. The molecule has 0 aliphatic heterocycles. The van der Waals surface area contributed by atoms with E-state index in [4.69, 9.17) is 9.47 Å². The quantitative estimate of drug-likeness (QED) is 0.0607. The van der Waals surface area contributed by atoms with Gasteiger partial charge in [0, 0.05) is 0 Å². The molecule has 0 aromatic rings. The molecule has 0 aliphatic rings. The van der Waals surface area contributed by atoms with E-state index in [9.17, 15) is 9.59 Å². The van der Waals surface area contributed by atoms with Gasteiger partial charge in [-0.05, 0) is 12.8 Å². The highest BCUT2D eigenvalue weighted by Crippen LogP contribution is 2.27. The normalized spacial score (nSPS) is 12.3. The molecular formula is C32H70I2N2O4Si2. The van der Waals surface area contributed by atoms with Crippen molar-refractivity contribution in [3.8, 4) is 0 Å². The predicted molar refractivity (Wildman–Crippen MR) is 177 cm³/mol. The average molecular weight is 857 g/mol. The monoisotopic (exact) mass is 856 g/mol. The van der Waals surface area contributed by atoms with Gasteiger partial charge >= 0.3 is 11.9 Å². The van der Waals surface area contributed by atoms with E-state index < -0.39 is 16.1 Å². The van der Waals surface area contributed by atoms with Gasteiger partial charge < -0.3 is 66.4 Å². The van der Waals surface area contributed by atoms with E-state index in [0.717, 1.165) is 35.1 Å². The summed E-state index contributed by atoms with van der Waals surface area (Å²) in [5.41, 5.74) is 0. The zero-order chi connectivity index (χ0) is 30.7. The van der Waals surface area contributed by atoms with Crippen LogP contribution in [0.25, 0.3) is 0 Å². The van der Waals surface area contributed by atoms with Gasteiger partial charge in [-0.15, -0.1) is 0 Å². The van der Waals surface area contributed by atoms with E-state index in [2.05, 4.69) is 69.0 Å². The molecule has 0 amide bonds. The van der Waals surface area contributed by atoms with Crippen molar-refractivity contribution in [2.24, 2.45) is 0 Å². The third-order valence-electron chi connectivity index (χ3n) is 8.95. The Morgan fingerprint density at radius 3 is 1.07 bits per heavy atom. The Labute approximate surface area is 298 Å². The standard InChI is InChI=1S/C32H70N2O4Si2.2HI/c1-11-25-39(9,26-12-2)29-15-19-33(5,6)21-23-37-31(35)17-18-32(36)38-24-22-34(7,8)20-16-30-40(10,27-13-3)28-14-4;;/h11-30H2,1-10H3;2*1H/q+2;;/p-2. The van der Waals surface area contributed by atoms with Crippen LogP contribution in [-0.4, -0.2) is 105 Å². The third kappa shape index (κ3) is 24.0. The van der Waals surface area contributed by atoms with Gasteiger partial charge in [0.25, 0.3) is 0 Å². The molecule has 0 saturated heterocycles. The molecule has 0 aliphatic carbocycles. The SMILES string of the molecule is CCC[Si](C)(CCC)CCC[N+](C)(C)CCOC(=O)CCC(=O)OCC[N+](C)(C)CCC[Si](C)(CCC)CCC.[I-].[I-]. The van der Waals surface area contributed by atoms with Crippen molar-refractivity contribution in [3.63, 3.8) is 0 Å². The summed E-state index contributed by atoms with van der Waals surface area (Å²) in [7, 11) is 6.70. The maximum atomic E-state index is 12.2. The molecule has 0 N–H and O–H groups in total. The lowest BCUT2D eigenvalue weighted by atomic mass is 10.3. The van der Waals surface area contributed by atoms with Crippen molar-refractivity contribution < 1.29 is 76.0 Å². The summed E-state index contributed by atoms with van der Waals surface area (Å²) in [5.74, 6) is -0.601. The number of carbonyl (C=O) groups is 2. The maximum Gasteiger partial charge on any atom is 0.306 e. The molecule has 0 atom stereocenters. The highest BCUT2D eigenvalue weighted by molar-refractivity contribution is 6.79. The first kappa shape index (κ1) is 47.2. The minimum Gasteiger partial charge on any atom is -1.00 e. The Morgan fingerprint density at radius 1 is 0.524 bits per heavy atom. The largest absolute Gasteiger partial charge is 1.00 e. The molecule has 0 rings (SSSR count). The topological polar surface area (TPSA) is 52.6 Å². The number of ether oxygens (including phenoxy) is 2. The fourth-order valence-corrected chi connectivity index (χ4v) is 14.8. The van der Waals surface area contributed by atoms with Crippen LogP contribution in [0.3, 0.4) is 0 Å². The number of carbonyl (C=O) groups excluding carboxylic acids is 2. The van der Waals surface area contributed by atoms with Crippen LogP contribution in [0.1, 0.15) is 79.1 Å². The minimum absolute atomic E-state index is 0. The molecule has 0 unspecified atom stereocenters. The van der Waals surface area contributed by atoms with Crippen LogP contribution in [-0.2, 0) is 19.1 Å². The number of quaternary nitrogens is 2. The van der Waals surface area contributed by atoms with Crippen molar-refractivity contribution in [2.75, 3.05) is 67.6 Å². The Balaban J connectivity index is -0.00000760. The van der Waals surface area contributed by atoms with E-state index in [1.54, 1.807) is 0 Å². The van der Waals surface area contributed by atoms with E-state index in [0.29, 0.717) is 13.2 Å². The first-order valence-electron chi connectivity index (χ1n) is 16.6. The van der Waals surface area contributed by atoms with Gasteiger partial charge in [0.2, 0.25) is 0 Å². The van der Waals surface area contributed by atoms with Gasteiger partial charge in [0.1, 0.15) is 26.3 Å². The second-order valence-electron chi connectivity index (χ2n) is 14.5. The number of rotatable bonds is 25. The van der Waals surface area contributed by atoms with Crippen LogP contribution in [0.15, 0.2) is 0 Å². The molecule has 254 valence electrons. The van der Waals surface area contributed by atoms with Gasteiger partial charge in [0.15, 0.2) is 0 Å². The third-order valence-corrected chi connectivity index (χ3v) is 18.9. The molecule has 0 aromatic heterocycles. The summed E-state index contributed by atoms with van der Waals surface area (Å²) in [5, 5.41) is 0. The summed E-state index contributed by atoms with van der Waals surface area (Å²) >= 11 is 0. The van der Waals surface area contributed by atoms with Crippen LogP contribution < -0.4 is 48.0 Å². The summed E-state index contributed by atoms with van der Waals surface area (Å²) < 4.78 is 12.7. The van der Waals surface area contributed by atoms with Gasteiger partial charge in [0.05, 0.1) is 70.3 Å². The smallest absolute Gasteiger partial charge is 0.306 e. The fraction of sp³-hybridized carbons (Fsp3) is 0.938. The number of hydrogen-bond donors (Lipinski definition) is 0. The van der Waals surface area contributed by atoms with E-state index in [1.165, 1.54) is 74.8 Å². The second kappa shape index (κ2) is 24.9. The minimum atomic E-state index is -1.10. The first-order chi connectivity index (χ1) is 18.7. The summed E-state index contributed by atoms with van der Waals surface area (Å²) in [6.45, 7) is 19.1. The van der Waals surface area contributed by atoms with Crippen molar-refractivity contribution in [1.29, 1.82) is 0 Å². The molecule has 0 saturated carbocycles. The Bertz CT molecular complexity index is 642. The summed E-state index contributed by atoms with van der Waals surface area (Å²) in [4.78, 5) is 24.4. The highest BCUT2D eigenvalue weighted by atomic mass is 127. The number of likely N-dealkylation sites (N-methyl/N-ethyl adjacent to an activating group) is 2. The zero-order valence-electron chi connectivity index (χ0n) is 29.4. The molecule has 0 radical (unpaired) electrons. The fourth-order valence-electron chi connectivity index (χ4n) is 6.42. The molecule has 0 bridgehead atoms. The molecule has 0 fully saturated rings. The van der Waals surface area contributed by atoms with Crippen molar-refractivity contribution in [3.05, 3.63) is 0 Å². The first-order valence-corrected chi connectivity index (χ1v) is 22.8. The van der Waals surface area contributed by atoms with Crippen LogP contribution >= 0.6 is 0 Å². The van der Waals surface area contributed by atoms with E-state index in [1.807, 2.05) is 0 Å². The number of esters is 2. The van der Waals surface area contributed by atoms with Gasteiger partial charge in [-0.25, -0.2) is 0 Å². The molecule has 6 nitrogen and oxygen atoms in total. The van der Waals surface area contributed by atoms with E-state index in [-0.39, 0.29) is 72.7 Å². The van der Waals surface area contributed by atoms with Gasteiger partial charge in [-0.3, -0.25) is 9.59 Å². The summed E-state index contributed by atoms with van der Waals surface area (Å²) in [6, 6.07) is 8.53. The van der Waals surface area contributed by atoms with E-state index >= 15 is 0 Å². The highest BCUT2D eigenvalue weighted by Gasteiger charge is 2.27. The number of halogens is 2. The lowest BCUT2D eigenvalue weighted by molar-refractivity contribution is -0.890. The van der Waals surface area contributed by atoms with Crippen LogP contribution in [0.5, 0.6) is 0 Å². The molecule has 0 spiro atoms. The van der Waals surface area contributed by atoms with Crippen molar-refractivity contribution in [2.45, 2.75) is 128 Å². The molecule has 0 heterocycles. The predicted octanol–water partition coefficient (Wildman–Crippen LogP) is 1.59. The Kier molecular flexibility index (Phi) is 28.0. The molecular weight excluding hydrogens is 786 g/mol. The summed E-state index contributed by atoms with van der Waals surface area (Å²) in [6.07, 6.45) is 7.93. The zero-order valence-corrected chi connectivity index (χ0v) is 35.7. The van der Waals surface area contributed by atoms with Gasteiger partial charge in [-0.1, -0.05) is 103 Å². The molecule has 10 heteroatoms. The maximum absolute atomic E-state index is 12.2. The van der Waals surface area contributed by atoms with Crippen LogP contribution in [0, 0.1) is 0 Å². The second-order valence-corrected chi connectivity index (χ2v) is 24.8. The van der Waals surface area contributed by atoms with Gasteiger partial charge in [-0.2, -0.15) is 0 Å². The van der Waals surface area contributed by atoms with Crippen LogP contribution in [0.4, 0.5) is 0 Å². The number of hydrogen-bond acceptors (Lipinski definition) is 4.